The first-order chi connectivity index (χ1) is 8.29. The van der Waals surface area contributed by atoms with Crippen LogP contribution in [0, 0.1) is 0 Å². The smallest absolute Gasteiger partial charge is 0.259 e. The molecule has 0 atom stereocenters. The van der Waals surface area contributed by atoms with E-state index < -0.39 is 0 Å². The minimum absolute atomic E-state index is 0.479. The summed E-state index contributed by atoms with van der Waals surface area (Å²) in [6.45, 7) is 2.15. The highest BCUT2D eigenvalue weighted by molar-refractivity contribution is 7.98. The Bertz CT molecular complexity index is 469. The van der Waals surface area contributed by atoms with Crippen molar-refractivity contribution in [1.29, 1.82) is 0 Å². The number of rotatable bonds is 5. The minimum atomic E-state index is 0.479. The highest BCUT2D eigenvalue weighted by Gasteiger charge is 2.08. The fraction of sp³-hybridized carbons (Fsp3) is 0.364. The Hall–Kier alpha value is -1.56. The zero-order chi connectivity index (χ0) is 12.1. The van der Waals surface area contributed by atoms with Gasteiger partial charge in [0.2, 0.25) is 0 Å². The SMILES string of the molecule is CCCSCc1noc(-c2ccc(N)nc2)n1. The molecule has 0 unspecified atom stereocenters. The van der Waals surface area contributed by atoms with Crippen LogP contribution >= 0.6 is 11.8 Å². The summed E-state index contributed by atoms with van der Waals surface area (Å²) in [5.41, 5.74) is 6.30. The van der Waals surface area contributed by atoms with Crippen LogP contribution in [0.3, 0.4) is 0 Å². The zero-order valence-corrected chi connectivity index (χ0v) is 10.4. The molecule has 0 amide bonds. The average molecular weight is 250 g/mol. The number of aromatic nitrogens is 3. The van der Waals surface area contributed by atoms with E-state index in [9.17, 15) is 0 Å². The third-order valence-corrected chi connectivity index (χ3v) is 3.24. The van der Waals surface area contributed by atoms with Crippen molar-refractivity contribution in [2.75, 3.05) is 11.5 Å². The number of pyridine rings is 1. The summed E-state index contributed by atoms with van der Waals surface area (Å²) in [6.07, 6.45) is 2.78. The molecule has 0 aliphatic rings. The Balaban J connectivity index is 2.04. The van der Waals surface area contributed by atoms with Crippen molar-refractivity contribution < 1.29 is 4.52 Å². The highest BCUT2D eigenvalue weighted by atomic mass is 32.2. The maximum Gasteiger partial charge on any atom is 0.259 e. The molecule has 0 saturated heterocycles. The van der Waals surface area contributed by atoms with Gasteiger partial charge in [0.25, 0.3) is 5.89 Å². The van der Waals surface area contributed by atoms with Gasteiger partial charge in [0.05, 0.1) is 11.3 Å². The normalized spacial score (nSPS) is 10.6. The fourth-order valence-corrected chi connectivity index (χ4v) is 2.00. The van der Waals surface area contributed by atoms with E-state index in [0.717, 1.165) is 29.3 Å². The molecule has 0 aliphatic carbocycles. The number of hydrogen-bond acceptors (Lipinski definition) is 6. The van der Waals surface area contributed by atoms with Gasteiger partial charge in [0, 0.05) is 6.20 Å². The number of nitrogens with two attached hydrogens (primary N) is 1. The largest absolute Gasteiger partial charge is 0.384 e. The van der Waals surface area contributed by atoms with Crippen molar-refractivity contribution in [2.24, 2.45) is 0 Å². The van der Waals surface area contributed by atoms with Crippen LogP contribution in [0.2, 0.25) is 0 Å². The van der Waals surface area contributed by atoms with Crippen molar-refractivity contribution >= 4 is 17.6 Å². The molecule has 0 aromatic carbocycles. The summed E-state index contributed by atoms with van der Waals surface area (Å²) >= 11 is 1.80. The topological polar surface area (TPSA) is 77.8 Å². The Morgan fingerprint density at radius 3 is 3.00 bits per heavy atom. The van der Waals surface area contributed by atoms with Crippen LogP contribution < -0.4 is 5.73 Å². The van der Waals surface area contributed by atoms with Gasteiger partial charge < -0.3 is 10.3 Å². The van der Waals surface area contributed by atoms with E-state index in [2.05, 4.69) is 22.0 Å². The van der Waals surface area contributed by atoms with Crippen molar-refractivity contribution in [3.8, 4) is 11.5 Å². The summed E-state index contributed by atoms with van der Waals surface area (Å²) in [5, 5.41) is 3.92. The quantitative estimate of drug-likeness (QED) is 0.821. The molecule has 2 rings (SSSR count). The van der Waals surface area contributed by atoms with Gasteiger partial charge in [0.15, 0.2) is 5.82 Å². The minimum Gasteiger partial charge on any atom is -0.384 e. The molecule has 0 aliphatic heterocycles. The van der Waals surface area contributed by atoms with Crippen molar-refractivity contribution in [1.82, 2.24) is 15.1 Å². The van der Waals surface area contributed by atoms with Gasteiger partial charge in [-0.3, -0.25) is 0 Å². The maximum absolute atomic E-state index is 5.51. The Kier molecular flexibility index (Phi) is 3.98. The van der Waals surface area contributed by atoms with Crippen LogP contribution in [0.5, 0.6) is 0 Å². The Morgan fingerprint density at radius 1 is 1.41 bits per heavy atom. The van der Waals surface area contributed by atoms with E-state index in [0.29, 0.717) is 11.7 Å². The summed E-state index contributed by atoms with van der Waals surface area (Å²) in [6, 6.07) is 3.53. The molecular formula is C11H14N4OS. The van der Waals surface area contributed by atoms with Gasteiger partial charge in [-0.25, -0.2) is 4.98 Å². The van der Waals surface area contributed by atoms with Crippen molar-refractivity contribution in [3.63, 3.8) is 0 Å². The van der Waals surface area contributed by atoms with Crippen LogP contribution in [0.1, 0.15) is 19.2 Å². The van der Waals surface area contributed by atoms with Crippen LogP contribution in [-0.2, 0) is 5.75 Å². The lowest BCUT2D eigenvalue weighted by atomic mass is 10.3. The third-order valence-electron chi connectivity index (χ3n) is 2.08. The maximum atomic E-state index is 5.51. The van der Waals surface area contributed by atoms with Crippen LogP contribution in [0.4, 0.5) is 5.82 Å². The Labute approximate surface area is 104 Å². The first-order valence-corrected chi connectivity index (χ1v) is 6.57. The molecule has 2 heterocycles. The van der Waals surface area contributed by atoms with Crippen molar-refractivity contribution in [2.45, 2.75) is 19.1 Å². The monoisotopic (exact) mass is 250 g/mol. The molecule has 2 N–H and O–H groups in total. The standard InChI is InChI=1S/C11H14N4OS/c1-2-5-17-7-10-14-11(16-15-10)8-3-4-9(12)13-6-8/h3-4,6H,2,5,7H2,1H3,(H2,12,13). The molecule has 17 heavy (non-hydrogen) atoms. The van der Waals surface area contributed by atoms with E-state index in [1.807, 2.05) is 6.07 Å². The second-order valence-electron chi connectivity index (χ2n) is 3.54. The van der Waals surface area contributed by atoms with Crippen molar-refractivity contribution in [3.05, 3.63) is 24.2 Å². The lowest BCUT2D eigenvalue weighted by Crippen LogP contribution is -1.89. The van der Waals surface area contributed by atoms with Gasteiger partial charge in [-0.15, -0.1) is 0 Å². The van der Waals surface area contributed by atoms with Gasteiger partial charge in [0.1, 0.15) is 5.82 Å². The number of hydrogen-bond donors (Lipinski definition) is 1. The summed E-state index contributed by atoms with van der Waals surface area (Å²) in [7, 11) is 0. The second-order valence-corrected chi connectivity index (χ2v) is 4.65. The average Bonchev–Trinajstić information content (AvgIpc) is 2.79. The Morgan fingerprint density at radius 2 is 2.29 bits per heavy atom. The van der Waals surface area contributed by atoms with Gasteiger partial charge in [-0.1, -0.05) is 12.1 Å². The first-order valence-electron chi connectivity index (χ1n) is 5.42. The van der Waals surface area contributed by atoms with E-state index in [4.69, 9.17) is 10.3 Å². The van der Waals surface area contributed by atoms with Crippen LogP contribution in [0.15, 0.2) is 22.9 Å². The van der Waals surface area contributed by atoms with Gasteiger partial charge >= 0.3 is 0 Å². The molecule has 2 aromatic heterocycles. The van der Waals surface area contributed by atoms with Crippen LogP contribution in [0.25, 0.3) is 11.5 Å². The molecule has 90 valence electrons. The van der Waals surface area contributed by atoms with E-state index in [1.54, 1.807) is 24.0 Å². The third kappa shape index (κ3) is 3.20. The van der Waals surface area contributed by atoms with Gasteiger partial charge in [-0.05, 0) is 24.3 Å². The van der Waals surface area contributed by atoms with E-state index in [1.165, 1.54) is 0 Å². The van der Waals surface area contributed by atoms with E-state index in [-0.39, 0.29) is 0 Å². The number of anilines is 1. The summed E-state index contributed by atoms with van der Waals surface area (Å²) < 4.78 is 5.17. The predicted octanol–water partition coefficient (Wildman–Crippen LogP) is 2.36. The second kappa shape index (κ2) is 5.67. The molecule has 2 aromatic rings. The molecule has 6 heteroatoms. The number of thioether (sulfide) groups is 1. The van der Waals surface area contributed by atoms with Crippen LogP contribution in [-0.4, -0.2) is 20.9 Å². The zero-order valence-electron chi connectivity index (χ0n) is 9.59. The summed E-state index contributed by atoms with van der Waals surface area (Å²) in [5.74, 6) is 3.57. The first kappa shape index (κ1) is 11.9. The number of nitrogens with zero attached hydrogens (tertiary/aromatic N) is 3. The molecule has 0 bridgehead atoms. The number of nitrogen functional groups attached to an aromatic ring is 1. The molecule has 0 radical (unpaired) electrons. The summed E-state index contributed by atoms with van der Waals surface area (Å²) in [4.78, 5) is 8.29. The lowest BCUT2D eigenvalue weighted by molar-refractivity contribution is 0.425. The molecule has 5 nitrogen and oxygen atoms in total. The molecule has 0 fully saturated rings. The van der Waals surface area contributed by atoms with Gasteiger partial charge in [-0.2, -0.15) is 16.7 Å². The lowest BCUT2D eigenvalue weighted by Gasteiger charge is -1.94. The molecular weight excluding hydrogens is 236 g/mol. The predicted molar refractivity (Wildman–Crippen MR) is 68.4 cm³/mol. The highest BCUT2D eigenvalue weighted by Crippen LogP contribution is 2.18. The molecule has 0 saturated carbocycles. The molecule has 0 spiro atoms. The van der Waals surface area contributed by atoms with E-state index >= 15 is 0 Å². The fourth-order valence-electron chi connectivity index (χ4n) is 1.27.